The van der Waals surface area contributed by atoms with Crippen molar-refractivity contribution in [1.82, 2.24) is 28.9 Å². The van der Waals surface area contributed by atoms with Gasteiger partial charge >= 0.3 is 0 Å². The average molecular weight is 417 g/mol. The smallest absolute Gasteiger partial charge is 0.211 e. The summed E-state index contributed by atoms with van der Waals surface area (Å²) >= 11 is 1.58. The molecule has 0 aliphatic carbocycles. The van der Waals surface area contributed by atoms with Crippen LogP contribution < -0.4 is 0 Å². The van der Waals surface area contributed by atoms with E-state index < -0.39 is 10.0 Å². The van der Waals surface area contributed by atoms with Crippen LogP contribution in [0, 0.1) is 13.8 Å². The summed E-state index contributed by atoms with van der Waals surface area (Å²) < 4.78 is 28.1. The van der Waals surface area contributed by atoms with Gasteiger partial charge in [0.05, 0.1) is 11.8 Å². The molecule has 28 heavy (non-hydrogen) atoms. The van der Waals surface area contributed by atoms with E-state index in [1.54, 1.807) is 22.2 Å². The summed E-state index contributed by atoms with van der Waals surface area (Å²) in [6.45, 7) is 5.06. The van der Waals surface area contributed by atoms with Gasteiger partial charge in [-0.25, -0.2) is 32.2 Å². The van der Waals surface area contributed by atoms with Crippen molar-refractivity contribution in [2.24, 2.45) is 0 Å². The minimum atomic E-state index is -3.21. The van der Waals surface area contributed by atoms with Gasteiger partial charge in [-0.05, 0) is 38.3 Å². The van der Waals surface area contributed by atoms with Crippen LogP contribution in [0.15, 0.2) is 12.4 Å². The van der Waals surface area contributed by atoms with E-state index in [1.165, 1.54) is 10.6 Å². The predicted octanol–water partition coefficient (Wildman–Crippen LogP) is 2.64. The van der Waals surface area contributed by atoms with Gasteiger partial charge in [0.2, 0.25) is 10.0 Å². The molecule has 0 amide bonds. The first-order valence-corrected chi connectivity index (χ1v) is 11.8. The first-order valence-electron chi connectivity index (χ1n) is 9.18. The molecule has 1 fully saturated rings. The molecular formula is C18H20N6O2S2. The molecule has 1 aliphatic rings. The summed E-state index contributed by atoms with van der Waals surface area (Å²) in [5.41, 5.74) is 3.80. The second-order valence-corrected chi connectivity index (χ2v) is 10.5. The predicted molar refractivity (Wildman–Crippen MR) is 109 cm³/mol. The van der Waals surface area contributed by atoms with E-state index in [1.807, 2.05) is 6.92 Å². The van der Waals surface area contributed by atoms with E-state index in [-0.39, 0.29) is 5.92 Å². The molecule has 4 aromatic rings. The van der Waals surface area contributed by atoms with E-state index in [4.69, 9.17) is 4.98 Å². The molecule has 1 saturated heterocycles. The molecular weight excluding hydrogens is 396 g/mol. The van der Waals surface area contributed by atoms with Crippen LogP contribution in [-0.2, 0) is 10.0 Å². The Bertz CT molecular complexity index is 1340. The second-order valence-electron chi connectivity index (χ2n) is 7.48. The molecule has 146 valence electrons. The largest absolute Gasteiger partial charge is 0.242 e. The van der Waals surface area contributed by atoms with Gasteiger partial charge in [0.25, 0.3) is 0 Å². The second kappa shape index (κ2) is 6.16. The number of nitrogens with zero attached hydrogens (tertiary/aromatic N) is 6. The minimum absolute atomic E-state index is 0.00471. The van der Waals surface area contributed by atoms with E-state index in [2.05, 4.69) is 28.1 Å². The lowest BCUT2D eigenvalue weighted by atomic mass is 9.99. The van der Waals surface area contributed by atoms with Gasteiger partial charge in [-0.2, -0.15) is 0 Å². The van der Waals surface area contributed by atoms with Gasteiger partial charge in [-0.15, -0.1) is 16.4 Å². The molecule has 5 heterocycles. The molecule has 5 rings (SSSR count). The first-order chi connectivity index (χ1) is 13.3. The third-order valence-electron chi connectivity index (χ3n) is 5.33. The van der Waals surface area contributed by atoms with E-state index in [9.17, 15) is 8.42 Å². The Morgan fingerprint density at radius 3 is 2.86 bits per heavy atom. The van der Waals surface area contributed by atoms with E-state index in [0.717, 1.165) is 50.2 Å². The Morgan fingerprint density at radius 2 is 2.07 bits per heavy atom. The van der Waals surface area contributed by atoms with Crippen LogP contribution in [0.4, 0.5) is 0 Å². The highest BCUT2D eigenvalue weighted by molar-refractivity contribution is 7.88. The molecule has 1 aliphatic heterocycles. The molecule has 0 N–H and O–H groups in total. The van der Waals surface area contributed by atoms with Gasteiger partial charge in [0, 0.05) is 30.1 Å². The quantitative estimate of drug-likeness (QED) is 0.499. The zero-order valence-electron chi connectivity index (χ0n) is 15.9. The molecule has 0 aromatic carbocycles. The maximum atomic E-state index is 11.9. The number of aromatic nitrogens is 5. The number of rotatable bonds is 2. The number of hydrogen-bond donors (Lipinski definition) is 0. The molecule has 0 saturated carbocycles. The fourth-order valence-electron chi connectivity index (χ4n) is 4.01. The lowest BCUT2D eigenvalue weighted by Crippen LogP contribution is -2.38. The van der Waals surface area contributed by atoms with Crippen LogP contribution >= 0.6 is 11.3 Å². The number of pyridine rings is 1. The van der Waals surface area contributed by atoms with Gasteiger partial charge in [0.15, 0.2) is 11.5 Å². The molecule has 1 atom stereocenters. The average Bonchev–Trinajstić information content (AvgIpc) is 3.21. The van der Waals surface area contributed by atoms with Crippen molar-refractivity contribution in [2.45, 2.75) is 32.6 Å². The molecule has 0 bridgehead atoms. The summed E-state index contributed by atoms with van der Waals surface area (Å²) in [5, 5.41) is 5.69. The maximum absolute atomic E-state index is 11.9. The number of fused-ring (bicyclic) bond motifs is 5. The Morgan fingerprint density at radius 1 is 1.25 bits per heavy atom. The number of hydrogen-bond acceptors (Lipinski definition) is 7. The van der Waals surface area contributed by atoms with Crippen molar-refractivity contribution < 1.29 is 8.42 Å². The van der Waals surface area contributed by atoms with E-state index >= 15 is 0 Å². The highest BCUT2D eigenvalue weighted by atomic mass is 32.2. The fourth-order valence-corrected chi connectivity index (χ4v) is 6.15. The normalized spacial score (nSPS) is 19.2. The van der Waals surface area contributed by atoms with E-state index in [0.29, 0.717) is 18.9 Å². The van der Waals surface area contributed by atoms with Crippen LogP contribution in [0.25, 0.3) is 26.1 Å². The topological polar surface area (TPSA) is 93.4 Å². The van der Waals surface area contributed by atoms with Crippen molar-refractivity contribution in [3.8, 4) is 0 Å². The fraction of sp³-hybridized carbons (Fsp3) is 0.444. The molecule has 0 radical (unpaired) electrons. The van der Waals surface area contributed by atoms with Gasteiger partial charge in [0.1, 0.15) is 15.9 Å². The molecule has 8 nitrogen and oxygen atoms in total. The summed E-state index contributed by atoms with van der Waals surface area (Å²) in [5.74, 6) is 0.677. The van der Waals surface area contributed by atoms with Gasteiger partial charge < -0.3 is 0 Å². The molecule has 4 aromatic heterocycles. The van der Waals surface area contributed by atoms with Gasteiger partial charge in [-0.3, -0.25) is 0 Å². The third-order valence-corrected chi connectivity index (χ3v) is 7.67. The summed E-state index contributed by atoms with van der Waals surface area (Å²) in [7, 11) is -3.21. The van der Waals surface area contributed by atoms with Gasteiger partial charge in [-0.1, -0.05) is 0 Å². The Labute approximate surface area is 166 Å². The monoisotopic (exact) mass is 416 g/mol. The zero-order chi connectivity index (χ0) is 19.6. The van der Waals surface area contributed by atoms with Crippen molar-refractivity contribution in [1.29, 1.82) is 0 Å². The maximum Gasteiger partial charge on any atom is 0.211 e. The third kappa shape index (κ3) is 2.78. The Hall–Kier alpha value is -2.17. The van der Waals surface area contributed by atoms with Crippen molar-refractivity contribution in [2.75, 3.05) is 19.3 Å². The van der Waals surface area contributed by atoms with Crippen molar-refractivity contribution in [3.63, 3.8) is 0 Å². The number of sulfonamides is 1. The van der Waals surface area contributed by atoms with Crippen LogP contribution in [0.1, 0.15) is 35.8 Å². The Balaban J connectivity index is 1.65. The van der Waals surface area contributed by atoms with Crippen LogP contribution in [0.2, 0.25) is 0 Å². The molecule has 1 unspecified atom stereocenters. The first kappa shape index (κ1) is 17.9. The van der Waals surface area contributed by atoms with Crippen LogP contribution in [-0.4, -0.2) is 56.6 Å². The minimum Gasteiger partial charge on any atom is -0.242 e. The SMILES string of the molecule is Cc1cc(C)c2c(n1)sc1c2ncn2nc(C3CCCN(S(C)(=O)=O)C3)nc12. The van der Waals surface area contributed by atoms with Crippen molar-refractivity contribution in [3.05, 3.63) is 29.5 Å². The molecule has 0 spiro atoms. The van der Waals surface area contributed by atoms with Crippen LogP contribution in [0.3, 0.4) is 0 Å². The summed E-state index contributed by atoms with van der Waals surface area (Å²) in [6, 6.07) is 2.07. The summed E-state index contributed by atoms with van der Waals surface area (Å²) in [6.07, 6.45) is 4.64. The van der Waals surface area contributed by atoms with Crippen molar-refractivity contribution >= 4 is 47.4 Å². The lowest BCUT2D eigenvalue weighted by molar-refractivity contribution is 0.311. The standard InChI is InChI=1S/C18H20N6O2S2/c1-10-7-11(2)20-18-13(10)14-15(27-18)17-21-16(22-24(17)9-19-14)12-5-4-6-23(8-12)28(3,25)26/h7,9,12H,4-6,8H2,1-3H3. The highest BCUT2D eigenvalue weighted by Gasteiger charge is 2.29. The summed E-state index contributed by atoms with van der Waals surface area (Å²) in [4.78, 5) is 15.0. The zero-order valence-corrected chi connectivity index (χ0v) is 17.5. The van der Waals surface area contributed by atoms with Crippen LogP contribution in [0.5, 0.6) is 0 Å². The Kier molecular flexibility index (Phi) is 3.94. The number of aryl methyl sites for hydroxylation is 2. The number of thiophene rings is 1. The lowest BCUT2D eigenvalue weighted by Gasteiger charge is -2.29. The number of piperidine rings is 1. The molecule has 10 heteroatoms. The highest BCUT2D eigenvalue weighted by Crippen LogP contribution is 2.36.